The second kappa shape index (κ2) is 11.7. The molecule has 0 spiro atoms. The fraction of sp³-hybridized carbons (Fsp3) is 0.600. The van der Waals surface area contributed by atoms with Crippen molar-refractivity contribution in [1.29, 1.82) is 0 Å². The quantitative estimate of drug-likeness (QED) is 0.743. The summed E-state index contributed by atoms with van der Waals surface area (Å²) in [5.74, 6) is -0.173. The second-order valence-corrected chi connectivity index (χ2v) is 4.18. The van der Waals surface area contributed by atoms with E-state index in [0.717, 1.165) is 18.7 Å². The van der Waals surface area contributed by atoms with E-state index in [2.05, 4.69) is 18.8 Å². The molecule has 0 unspecified atom stereocenters. The Morgan fingerprint density at radius 2 is 2.00 bits per heavy atom. The Hall–Kier alpha value is -1.42. The molecule has 1 aromatic rings. The van der Waals surface area contributed by atoms with Crippen LogP contribution in [-0.4, -0.2) is 35.5 Å². The Morgan fingerprint density at radius 1 is 1.32 bits per heavy atom. The van der Waals surface area contributed by atoms with Crippen molar-refractivity contribution >= 4 is 5.97 Å². The number of hydrogen-bond donors (Lipinski definition) is 0. The third kappa shape index (κ3) is 9.19. The molecule has 1 rings (SSSR count). The van der Waals surface area contributed by atoms with Gasteiger partial charge in [-0.05, 0) is 25.1 Å². The average molecular weight is 266 g/mol. The number of pyridine rings is 1. The van der Waals surface area contributed by atoms with Crippen LogP contribution >= 0.6 is 0 Å². The molecule has 0 atom stereocenters. The predicted octanol–water partition coefficient (Wildman–Crippen LogP) is 2.88. The Morgan fingerprint density at radius 3 is 2.47 bits per heavy atom. The molecule has 0 aliphatic carbocycles. The largest absolute Gasteiger partial charge is 0.465 e. The van der Waals surface area contributed by atoms with E-state index in [0.29, 0.717) is 13.2 Å². The van der Waals surface area contributed by atoms with E-state index in [1.165, 1.54) is 6.42 Å². The van der Waals surface area contributed by atoms with Gasteiger partial charge in [-0.1, -0.05) is 33.3 Å². The highest BCUT2D eigenvalue weighted by Crippen LogP contribution is 2.02. The molecule has 0 radical (unpaired) electrons. The summed E-state index contributed by atoms with van der Waals surface area (Å²) in [5.41, 5.74) is 1.11. The zero-order valence-corrected chi connectivity index (χ0v) is 12.6. The van der Waals surface area contributed by atoms with Crippen molar-refractivity contribution in [3.8, 4) is 0 Å². The molecule has 0 amide bonds. The molecule has 19 heavy (non-hydrogen) atoms. The maximum atomic E-state index is 11.3. The normalized spacial score (nSPS) is 9.74. The van der Waals surface area contributed by atoms with Gasteiger partial charge in [0.15, 0.2) is 0 Å². The number of nitrogens with zero attached hydrogens (tertiary/aromatic N) is 2. The van der Waals surface area contributed by atoms with Crippen molar-refractivity contribution < 1.29 is 9.53 Å². The lowest BCUT2D eigenvalue weighted by atomic mass is 10.2. The molecule has 0 N–H and O–H groups in total. The Labute approximate surface area is 116 Å². The molecule has 1 aromatic heterocycles. The Kier molecular flexibility index (Phi) is 10.8. The van der Waals surface area contributed by atoms with Gasteiger partial charge in [0.05, 0.1) is 13.2 Å². The van der Waals surface area contributed by atoms with Gasteiger partial charge in [-0.15, -0.1) is 0 Å². The zero-order chi connectivity index (χ0) is 14.5. The van der Waals surface area contributed by atoms with Crippen molar-refractivity contribution in [2.75, 3.05) is 19.7 Å². The fourth-order valence-corrected chi connectivity index (χ4v) is 1.42. The molecule has 0 saturated heterocycles. The first-order valence-electron chi connectivity index (χ1n) is 6.94. The summed E-state index contributed by atoms with van der Waals surface area (Å²) >= 11 is 0. The van der Waals surface area contributed by atoms with Crippen LogP contribution in [-0.2, 0) is 16.1 Å². The van der Waals surface area contributed by atoms with E-state index in [1.54, 1.807) is 6.20 Å². The number of carbonyl (C=O) groups is 1. The van der Waals surface area contributed by atoms with Crippen LogP contribution in [0.25, 0.3) is 0 Å². The SMILES string of the molecule is CCC.CCOC(=O)CN(CC)Cc1cccnc1. The summed E-state index contributed by atoms with van der Waals surface area (Å²) in [6, 6.07) is 3.90. The van der Waals surface area contributed by atoms with E-state index >= 15 is 0 Å². The first-order valence-corrected chi connectivity index (χ1v) is 6.94. The molecule has 1 heterocycles. The molecule has 0 aliphatic rings. The molecule has 4 heteroatoms. The zero-order valence-electron chi connectivity index (χ0n) is 12.6. The molecule has 0 aromatic carbocycles. The van der Waals surface area contributed by atoms with Crippen molar-refractivity contribution in [3.63, 3.8) is 0 Å². The lowest BCUT2D eigenvalue weighted by Crippen LogP contribution is -2.30. The van der Waals surface area contributed by atoms with E-state index in [1.807, 2.05) is 37.1 Å². The summed E-state index contributed by atoms with van der Waals surface area (Å²) in [6.07, 6.45) is 4.80. The van der Waals surface area contributed by atoms with Gasteiger partial charge in [0.25, 0.3) is 0 Å². The Balaban J connectivity index is 0.000000982. The smallest absolute Gasteiger partial charge is 0.320 e. The highest BCUT2D eigenvalue weighted by atomic mass is 16.5. The van der Waals surface area contributed by atoms with E-state index in [-0.39, 0.29) is 5.97 Å². The van der Waals surface area contributed by atoms with Crippen LogP contribution in [0.5, 0.6) is 0 Å². The van der Waals surface area contributed by atoms with Crippen molar-refractivity contribution in [2.45, 2.75) is 40.7 Å². The summed E-state index contributed by atoms with van der Waals surface area (Å²) in [4.78, 5) is 17.4. The molecular weight excluding hydrogens is 240 g/mol. The molecule has 0 saturated carbocycles. The monoisotopic (exact) mass is 266 g/mol. The average Bonchev–Trinajstić information content (AvgIpc) is 2.40. The number of likely N-dealkylation sites (N-methyl/N-ethyl adjacent to an activating group) is 1. The van der Waals surface area contributed by atoms with Crippen LogP contribution in [0.2, 0.25) is 0 Å². The lowest BCUT2D eigenvalue weighted by Gasteiger charge is -2.18. The van der Waals surface area contributed by atoms with Gasteiger partial charge in [0.1, 0.15) is 0 Å². The van der Waals surface area contributed by atoms with Crippen LogP contribution in [0.3, 0.4) is 0 Å². The van der Waals surface area contributed by atoms with Gasteiger partial charge < -0.3 is 4.74 Å². The van der Waals surface area contributed by atoms with Crippen LogP contribution in [0, 0.1) is 0 Å². The highest BCUT2D eigenvalue weighted by molar-refractivity contribution is 5.71. The number of aromatic nitrogens is 1. The molecule has 0 bridgehead atoms. The predicted molar refractivity (Wildman–Crippen MR) is 77.8 cm³/mol. The summed E-state index contributed by atoms with van der Waals surface area (Å²) in [6.45, 7) is 10.4. The topological polar surface area (TPSA) is 42.4 Å². The van der Waals surface area contributed by atoms with Crippen LogP contribution in [0.15, 0.2) is 24.5 Å². The summed E-state index contributed by atoms with van der Waals surface area (Å²) < 4.78 is 4.92. The number of rotatable bonds is 6. The van der Waals surface area contributed by atoms with E-state index < -0.39 is 0 Å². The van der Waals surface area contributed by atoms with E-state index in [9.17, 15) is 4.79 Å². The fourth-order valence-electron chi connectivity index (χ4n) is 1.42. The minimum atomic E-state index is -0.173. The van der Waals surface area contributed by atoms with Gasteiger partial charge in [-0.25, -0.2) is 0 Å². The number of esters is 1. The van der Waals surface area contributed by atoms with Crippen molar-refractivity contribution in [1.82, 2.24) is 9.88 Å². The molecule has 108 valence electrons. The molecule has 0 aliphatic heterocycles. The van der Waals surface area contributed by atoms with E-state index in [4.69, 9.17) is 4.74 Å². The van der Waals surface area contributed by atoms with Crippen LogP contribution in [0.1, 0.15) is 39.7 Å². The minimum absolute atomic E-state index is 0.173. The summed E-state index contributed by atoms with van der Waals surface area (Å²) in [5, 5.41) is 0. The lowest BCUT2D eigenvalue weighted by molar-refractivity contribution is -0.144. The molecule has 0 fully saturated rings. The molecule has 4 nitrogen and oxygen atoms in total. The van der Waals surface area contributed by atoms with Crippen molar-refractivity contribution in [3.05, 3.63) is 30.1 Å². The van der Waals surface area contributed by atoms with Gasteiger partial charge >= 0.3 is 5.97 Å². The Bertz CT molecular complexity index is 328. The highest BCUT2D eigenvalue weighted by Gasteiger charge is 2.09. The maximum Gasteiger partial charge on any atom is 0.320 e. The van der Waals surface area contributed by atoms with Crippen LogP contribution < -0.4 is 0 Å². The maximum absolute atomic E-state index is 11.3. The van der Waals surface area contributed by atoms with Crippen molar-refractivity contribution in [2.24, 2.45) is 0 Å². The minimum Gasteiger partial charge on any atom is -0.465 e. The third-order valence-electron chi connectivity index (χ3n) is 2.23. The first-order chi connectivity index (χ1) is 9.17. The van der Waals surface area contributed by atoms with Gasteiger partial charge in [-0.2, -0.15) is 0 Å². The van der Waals surface area contributed by atoms with Gasteiger partial charge in [-0.3, -0.25) is 14.7 Å². The van der Waals surface area contributed by atoms with Gasteiger partial charge in [0, 0.05) is 18.9 Å². The van der Waals surface area contributed by atoms with Crippen LogP contribution in [0.4, 0.5) is 0 Å². The second-order valence-electron chi connectivity index (χ2n) is 4.18. The number of carbonyl (C=O) groups excluding carboxylic acids is 1. The number of hydrogen-bond acceptors (Lipinski definition) is 4. The standard InChI is InChI=1S/C12H18N2O2.C3H8/c1-3-14(10-12(15)16-4-2)9-11-6-5-7-13-8-11;1-3-2/h5-8H,3-4,9-10H2,1-2H3;3H2,1-2H3. The molecular formula is C15H26N2O2. The first kappa shape index (κ1) is 17.6. The number of ether oxygens (including phenoxy) is 1. The summed E-state index contributed by atoms with van der Waals surface area (Å²) in [7, 11) is 0. The third-order valence-corrected chi connectivity index (χ3v) is 2.23. The van der Waals surface area contributed by atoms with Gasteiger partial charge in [0.2, 0.25) is 0 Å².